The van der Waals surface area contributed by atoms with E-state index in [-0.39, 0.29) is 17.9 Å². The van der Waals surface area contributed by atoms with Gasteiger partial charge in [-0.25, -0.2) is 0 Å². The Morgan fingerprint density at radius 1 is 1.28 bits per heavy atom. The second-order valence-electron chi connectivity index (χ2n) is 5.02. The van der Waals surface area contributed by atoms with E-state index in [1.807, 2.05) is 24.3 Å². The average Bonchev–Trinajstić information content (AvgIpc) is 3.06. The van der Waals surface area contributed by atoms with Crippen molar-refractivity contribution in [2.24, 2.45) is 0 Å². The first kappa shape index (κ1) is 11.3. The van der Waals surface area contributed by atoms with E-state index in [4.69, 9.17) is 0 Å². The molecule has 1 fully saturated rings. The van der Waals surface area contributed by atoms with E-state index in [9.17, 15) is 9.59 Å². The number of amides is 2. The van der Waals surface area contributed by atoms with Crippen LogP contribution in [0, 0.1) is 0 Å². The van der Waals surface area contributed by atoms with Gasteiger partial charge in [0, 0.05) is 25.1 Å². The SMILES string of the molecule is CC(=O)N1c2ccccc2CC1C(=O)NC1CC1. The van der Waals surface area contributed by atoms with Crippen LogP contribution in [0.25, 0.3) is 0 Å². The molecule has 2 amide bonds. The van der Waals surface area contributed by atoms with Crippen LogP contribution >= 0.6 is 0 Å². The van der Waals surface area contributed by atoms with Crippen LogP contribution in [0.5, 0.6) is 0 Å². The molecular weight excluding hydrogens is 228 g/mol. The highest BCUT2D eigenvalue weighted by Gasteiger charge is 2.38. The maximum atomic E-state index is 12.2. The summed E-state index contributed by atoms with van der Waals surface area (Å²) in [5.74, 6) is -0.0974. The van der Waals surface area contributed by atoms with E-state index < -0.39 is 0 Å². The van der Waals surface area contributed by atoms with Gasteiger partial charge in [-0.3, -0.25) is 14.5 Å². The normalized spacial score (nSPS) is 21.6. The third kappa shape index (κ3) is 1.88. The van der Waals surface area contributed by atoms with Gasteiger partial charge in [-0.15, -0.1) is 0 Å². The zero-order valence-electron chi connectivity index (χ0n) is 10.3. The van der Waals surface area contributed by atoms with E-state index >= 15 is 0 Å². The first-order chi connectivity index (χ1) is 8.66. The number of carbonyl (C=O) groups excluding carboxylic acids is 2. The zero-order chi connectivity index (χ0) is 12.7. The number of hydrogen-bond acceptors (Lipinski definition) is 2. The number of hydrogen-bond donors (Lipinski definition) is 1. The molecule has 1 aliphatic heterocycles. The first-order valence-electron chi connectivity index (χ1n) is 6.35. The molecule has 1 atom stereocenters. The van der Waals surface area contributed by atoms with Crippen LogP contribution in [0.1, 0.15) is 25.3 Å². The smallest absolute Gasteiger partial charge is 0.243 e. The van der Waals surface area contributed by atoms with E-state index in [0.717, 1.165) is 24.1 Å². The molecule has 18 heavy (non-hydrogen) atoms. The lowest BCUT2D eigenvalue weighted by molar-refractivity contribution is -0.125. The van der Waals surface area contributed by atoms with Crippen LogP contribution in [0.3, 0.4) is 0 Å². The third-order valence-electron chi connectivity index (χ3n) is 3.54. The zero-order valence-corrected chi connectivity index (χ0v) is 10.3. The summed E-state index contributed by atoms with van der Waals surface area (Å²) < 4.78 is 0. The fourth-order valence-corrected chi connectivity index (χ4v) is 2.51. The van der Waals surface area contributed by atoms with Crippen molar-refractivity contribution >= 4 is 17.5 Å². The second-order valence-corrected chi connectivity index (χ2v) is 5.02. The first-order valence-corrected chi connectivity index (χ1v) is 6.35. The van der Waals surface area contributed by atoms with E-state index in [1.54, 1.807) is 4.90 Å². The fraction of sp³-hybridized carbons (Fsp3) is 0.429. The Morgan fingerprint density at radius 3 is 2.67 bits per heavy atom. The fourth-order valence-electron chi connectivity index (χ4n) is 2.51. The van der Waals surface area contributed by atoms with Gasteiger partial charge in [0.2, 0.25) is 11.8 Å². The van der Waals surface area contributed by atoms with E-state index in [1.165, 1.54) is 6.92 Å². The molecule has 1 N–H and O–H groups in total. The molecule has 1 aliphatic carbocycles. The molecule has 0 bridgehead atoms. The number of nitrogens with one attached hydrogen (secondary N) is 1. The van der Waals surface area contributed by atoms with Gasteiger partial charge in [0.1, 0.15) is 6.04 Å². The van der Waals surface area contributed by atoms with E-state index in [2.05, 4.69) is 5.32 Å². The molecule has 1 saturated carbocycles. The predicted molar refractivity (Wildman–Crippen MR) is 68.3 cm³/mol. The van der Waals surface area contributed by atoms with Crippen molar-refractivity contribution in [2.45, 2.75) is 38.3 Å². The molecule has 3 rings (SSSR count). The average molecular weight is 244 g/mol. The Hall–Kier alpha value is -1.84. The summed E-state index contributed by atoms with van der Waals surface area (Å²) in [5, 5.41) is 2.98. The maximum absolute atomic E-state index is 12.2. The quantitative estimate of drug-likeness (QED) is 0.851. The van der Waals surface area contributed by atoms with Gasteiger partial charge in [-0.2, -0.15) is 0 Å². The van der Waals surface area contributed by atoms with Crippen LogP contribution in [0.2, 0.25) is 0 Å². The van der Waals surface area contributed by atoms with Gasteiger partial charge in [-0.1, -0.05) is 18.2 Å². The summed E-state index contributed by atoms with van der Waals surface area (Å²) in [4.78, 5) is 25.6. The number of benzene rings is 1. The van der Waals surface area contributed by atoms with Crippen LogP contribution in [-0.2, 0) is 16.0 Å². The summed E-state index contributed by atoms with van der Waals surface area (Å²) in [6.45, 7) is 1.51. The molecular formula is C14H16N2O2. The molecule has 2 aliphatic rings. The molecule has 1 unspecified atom stereocenters. The molecule has 0 spiro atoms. The van der Waals surface area contributed by atoms with Crippen molar-refractivity contribution in [3.63, 3.8) is 0 Å². The van der Waals surface area contributed by atoms with Gasteiger partial charge in [0.05, 0.1) is 0 Å². The van der Waals surface area contributed by atoms with Crippen LogP contribution in [0.4, 0.5) is 5.69 Å². The predicted octanol–water partition coefficient (Wildman–Crippen LogP) is 1.24. The topological polar surface area (TPSA) is 49.4 Å². The molecule has 94 valence electrons. The summed E-state index contributed by atoms with van der Waals surface area (Å²) in [6.07, 6.45) is 2.74. The molecule has 1 aromatic rings. The Kier molecular flexibility index (Phi) is 2.58. The van der Waals surface area contributed by atoms with Crippen molar-refractivity contribution in [1.82, 2.24) is 5.32 Å². The van der Waals surface area contributed by atoms with Gasteiger partial charge in [-0.05, 0) is 24.5 Å². The van der Waals surface area contributed by atoms with Crippen molar-refractivity contribution in [3.8, 4) is 0 Å². The number of fused-ring (bicyclic) bond motifs is 1. The monoisotopic (exact) mass is 244 g/mol. The summed E-state index contributed by atoms with van der Waals surface area (Å²) in [5.41, 5.74) is 1.95. The highest BCUT2D eigenvalue weighted by molar-refractivity contribution is 6.02. The summed E-state index contributed by atoms with van der Waals surface area (Å²) in [7, 11) is 0. The Balaban J connectivity index is 1.87. The summed E-state index contributed by atoms with van der Waals surface area (Å²) >= 11 is 0. The Labute approximate surface area is 106 Å². The lowest BCUT2D eigenvalue weighted by Gasteiger charge is -2.23. The van der Waals surface area contributed by atoms with Crippen LogP contribution in [-0.4, -0.2) is 23.9 Å². The standard InChI is InChI=1S/C14H16N2O2/c1-9(17)16-12-5-3-2-4-10(12)8-13(16)14(18)15-11-6-7-11/h2-5,11,13H,6-8H2,1H3,(H,15,18). The highest BCUT2D eigenvalue weighted by atomic mass is 16.2. The minimum absolute atomic E-state index is 0.0242. The van der Waals surface area contributed by atoms with Crippen molar-refractivity contribution < 1.29 is 9.59 Å². The van der Waals surface area contributed by atoms with Crippen LogP contribution < -0.4 is 10.2 Å². The number of rotatable bonds is 2. The van der Waals surface area contributed by atoms with Crippen molar-refractivity contribution in [3.05, 3.63) is 29.8 Å². The number of nitrogens with zero attached hydrogens (tertiary/aromatic N) is 1. The van der Waals surface area contributed by atoms with Crippen molar-refractivity contribution in [2.75, 3.05) is 4.90 Å². The van der Waals surface area contributed by atoms with Crippen LogP contribution in [0.15, 0.2) is 24.3 Å². The second kappa shape index (κ2) is 4.12. The number of anilines is 1. The Bertz CT molecular complexity index is 508. The lowest BCUT2D eigenvalue weighted by Crippen LogP contribution is -2.47. The molecule has 0 aromatic heterocycles. The largest absolute Gasteiger partial charge is 0.352 e. The van der Waals surface area contributed by atoms with Gasteiger partial charge >= 0.3 is 0 Å². The van der Waals surface area contributed by atoms with Gasteiger partial charge in [0.15, 0.2) is 0 Å². The minimum Gasteiger partial charge on any atom is -0.352 e. The maximum Gasteiger partial charge on any atom is 0.243 e. The third-order valence-corrected chi connectivity index (χ3v) is 3.54. The molecule has 0 saturated heterocycles. The van der Waals surface area contributed by atoms with Gasteiger partial charge < -0.3 is 5.32 Å². The number of carbonyl (C=O) groups is 2. The molecule has 0 radical (unpaired) electrons. The number of para-hydroxylation sites is 1. The molecule has 1 aromatic carbocycles. The highest BCUT2D eigenvalue weighted by Crippen LogP contribution is 2.32. The molecule has 4 nitrogen and oxygen atoms in total. The summed E-state index contributed by atoms with van der Waals surface area (Å²) in [6, 6.07) is 7.68. The van der Waals surface area contributed by atoms with E-state index in [0.29, 0.717) is 12.5 Å². The van der Waals surface area contributed by atoms with Gasteiger partial charge in [0.25, 0.3) is 0 Å². The van der Waals surface area contributed by atoms with Crippen molar-refractivity contribution in [1.29, 1.82) is 0 Å². The Morgan fingerprint density at radius 2 is 2.00 bits per heavy atom. The minimum atomic E-state index is -0.375. The lowest BCUT2D eigenvalue weighted by atomic mass is 10.1. The molecule has 1 heterocycles. The molecule has 4 heteroatoms.